The lowest BCUT2D eigenvalue weighted by molar-refractivity contribution is 0.476. The number of rotatable bonds is 2. The van der Waals surface area contributed by atoms with Crippen molar-refractivity contribution in [2.75, 3.05) is 19.0 Å². The molecule has 23 heavy (non-hydrogen) atoms. The first kappa shape index (κ1) is 15.1. The summed E-state index contributed by atoms with van der Waals surface area (Å²) in [5, 5.41) is 10.3. The fourth-order valence-electron chi connectivity index (χ4n) is 1.96. The van der Waals surface area contributed by atoms with E-state index >= 15 is 0 Å². The molecule has 0 fully saturated rings. The maximum absolute atomic E-state index is 9.46. The Labute approximate surface area is 138 Å². The Hall–Kier alpha value is -2.84. The number of hydrogen-bond donors (Lipinski definition) is 1. The number of fused-ring (bicyclic) bond motifs is 1. The molecule has 0 amide bonds. The zero-order valence-corrected chi connectivity index (χ0v) is 13.6. The lowest BCUT2D eigenvalue weighted by Gasteiger charge is -2.09. The molecule has 4 nitrogen and oxygen atoms in total. The predicted molar refractivity (Wildman–Crippen MR) is 95.8 cm³/mol. The lowest BCUT2D eigenvalue weighted by Crippen LogP contribution is -2.10. The monoisotopic (exact) mass is 321 g/mol. The zero-order chi connectivity index (χ0) is 16.2. The topological polar surface area (TPSA) is 49.2 Å². The van der Waals surface area contributed by atoms with Crippen molar-refractivity contribution in [3.8, 4) is 17.6 Å². The molecule has 0 saturated carbocycles. The third-order valence-electron chi connectivity index (χ3n) is 3.12. The van der Waals surface area contributed by atoms with Crippen molar-refractivity contribution in [3.63, 3.8) is 0 Å². The van der Waals surface area contributed by atoms with Gasteiger partial charge < -0.3 is 10.0 Å². The van der Waals surface area contributed by atoms with E-state index in [0.717, 1.165) is 26.6 Å². The van der Waals surface area contributed by atoms with Gasteiger partial charge in [-0.2, -0.15) is 0 Å². The fraction of sp³-hybridized carbons (Fsp3) is 0.111. The van der Waals surface area contributed by atoms with Gasteiger partial charge in [0.1, 0.15) is 16.6 Å². The van der Waals surface area contributed by atoms with Crippen LogP contribution in [0.4, 0.5) is 5.82 Å². The normalized spacial score (nSPS) is 10.7. The second-order valence-corrected chi connectivity index (χ2v) is 6.17. The smallest absolute Gasteiger partial charge is 0.128 e. The summed E-state index contributed by atoms with van der Waals surface area (Å²) in [4.78, 5) is 10.7. The highest BCUT2D eigenvalue weighted by Gasteiger charge is 2.01. The Balaban J connectivity index is 1.73. The van der Waals surface area contributed by atoms with E-state index in [1.165, 1.54) is 11.3 Å². The summed E-state index contributed by atoms with van der Waals surface area (Å²) in [6.45, 7) is 0. The standard InChI is InChI=1S/C18H15N3OS/c1-21(2)17-10-7-13(12-19-17)5-3-4-6-18-20-15-9-8-14(22)11-16(15)23-18/h4,6-12,22H,1-2H3. The minimum atomic E-state index is 0.255. The number of allylic oxidation sites excluding steroid dienone is 1. The van der Waals surface area contributed by atoms with Crippen LogP contribution >= 0.6 is 11.3 Å². The van der Waals surface area contributed by atoms with Crippen LogP contribution in [0.5, 0.6) is 5.75 Å². The van der Waals surface area contributed by atoms with Gasteiger partial charge in [-0.3, -0.25) is 0 Å². The van der Waals surface area contributed by atoms with E-state index < -0.39 is 0 Å². The molecular formula is C18H15N3OS. The van der Waals surface area contributed by atoms with Crippen molar-refractivity contribution < 1.29 is 5.11 Å². The largest absolute Gasteiger partial charge is 0.508 e. The number of hydrogen-bond acceptors (Lipinski definition) is 5. The van der Waals surface area contributed by atoms with Crippen LogP contribution in [0.1, 0.15) is 10.6 Å². The van der Waals surface area contributed by atoms with Gasteiger partial charge in [0.15, 0.2) is 0 Å². The molecule has 0 aliphatic rings. The fourth-order valence-corrected chi connectivity index (χ4v) is 2.87. The highest BCUT2D eigenvalue weighted by atomic mass is 32.1. The number of pyridine rings is 1. The summed E-state index contributed by atoms with van der Waals surface area (Å²) in [6.07, 6.45) is 5.41. The van der Waals surface area contributed by atoms with E-state index in [4.69, 9.17) is 0 Å². The Morgan fingerprint density at radius 3 is 2.83 bits per heavy atom. The molecule has 2 heterocycles. The third-order valence-corrected chi connectivity index (χ3v) is 4.10. The quantitative estimate of drug-likeness (QED) is 0.734. The van der Waals surface area contributed by atoms with E-state index in [-0.39, 0.29) is 5.75 Å². The highest BCUT2D eigenvalue weighted by Crippen LogP contribution is 2.26. The van der Waals surface area contributed by atoms with Crippen molar-refractivity contribution in [1.82, 2.24) is 9.97 Å². The second-order valence-electron chi connectivity index (χ2n) is 5.11. The van der Waals surface area contributed by atoms with E-state index in [2.05, 4.69) is 21.8 Å². The molecule has 0 spiro atoms. The molecule has 2 aromatic heterocycles. The molecule has 0 radical (unpaired) electrons. The van der Waals surface area contributed by atoms with E-state index in [0.29, 0.717) is 0 Å². The van der Waals surface area contributed by atoms with Crippen molar-refractivity contribution >= 4 is 33.4 Å². The summed E-state index contributed by atoms with van der Waals surface area (Å²) >= 11 is 1.52. The Kier molecular flexibility index (Phi) is 4.26. The van der Waals surface area contributed by atoms with E-state index in [1.54, 1.807) is 24.4 Å². The van der Waals surface area contributed by atoms with Gasteiger partial charge in [-0.25, -0.2) is 9.97 Å². The molecule has 0 aliphatic carbocycles. The van der Waals surface area contributed by atoms with E-state index in [1.807, 2.05) is 43.3 Å². The van der Waals surface area contributed by atoms with Crippen LogP contribution in [0.15, 0.2) is 42.6 Å². The average molecular weight is 321 g/mol. The molecule has 3 aromatic rings. The molecule has 0 unspecified atom stereocenters. The maximum atomic E-state index is 9.46. The summed E-state index contributed by atoms with van der Waals surface area (Å²) < 4.78 is 0.959. The minimum absolute atomic E-state index is 0.255. The van der Waals surface area contributed by atoms with Gasteiger partial charge >= 0.3 is 0 Å². The molecule has 1 N–H and O–H groups in total. The van der Waals surface area contributed by atoms with Crippen LogP contribution in [0.2, 0.25) is 0 Å². The number of anilines is 1. The molecule has 114 valence electrons. The van der Waals surface area contributed by atoms with Gasteiger partial charge in [0.05, 0.1) is 10.2 Å². The van der Waals surface area contributed by atoms with E-state index in [9.17, 15) is 5.11 Å². The van der Waals surface area contributed by atoms with Crippen LogP contribution in [0.3, 0.4) is 0 Å². The number of phenols is 1. The molecule has 5 heteroatoms. The Morgan fingerprint density at radius 1 is 1.22 bits per heavy atom. The van der Waals surface area contributed by atoms with Crippen LogP contribution in [0, 0.1) is 11.8 Å². The zero-order valence-electron chi connectivity index (χ0n) is 12.8. The number of thiazole rings is 1. The molecule has 0 atom stereocenters. The summed E-state index contributed by atoms with van der Waals surface area (Å²) in [6, 6.07) is 9.05. The second kappa shape index (κ2) is 6.51. The van der Waals surface area contributed by atoms with Crippen LogP contribution < -0.4 is 4.90 Å². The molecule has 0 aliphatic heterocycles. The van der Waals surface area contributed by atoms with Crippen LogP contribution in [0.25, 0.3) is 16.3 Å². The Bertz CT molecular complexity index is 915. The SMILES string of the molecule is CN(C)c1ccc(C#CC=Cc2nc3ccc(O)cc3s2)cn1. The summed E-state index contributed by atoms with van der Waals surface area (Å²) in [5.41, 5.74) is 1.75. The first-order chi connectivity index (χ1) is 11.1. The first-order valence-electron chi connectivity index (χ1n) is 7.03. The van der Waals surface area contributed by atoms with Gasteiger partial charge in [0, 0.05) is 25.9 Å². The van der Waals surface area contributed by atoms with Crippen molar-refractivity contribution in [1.29, 1.82) is 0 Å². The minimum Gasteiger partial charge on any atom is -0.508 e. The number of aromatic nitrogens is 2. The van der Waals surface area contributed by atoms with Crippen molar-refractivity contribution in [2.24, 2.45) is 0 Å². The molecule has 3 rings (SSSR count). The van der Waals surface area contributed by atoms with Gasteiger partial charge in [-0.05, 0) is 42.5 Å². The van der Waals surface area contributed by atoms with Crippen LogP contribution in [-0.2, 0) is 0 Å². The summed E-state index contributed by atoms with van der Waals surface area (Å²) in [5.74, 6) is 7.19. The summed E-state index contributed by atoms with van der Waals surface area (Å²) in [7, 11) is 3.91. The number of aromatic hydroxyl groups is 1. The van der Waals surface area contributed by atoms with Crippen molar-refractivity contribution in [2.45, 2.75) is 0 Å². The van der Waals surface area contributed by atoms with Gasteiger partial charge in [0.2, 0.25) is 0 Å². The third kappa shape index (κ3) is 3.68. The molecule has 1 aromatic carbocycles. The first-order valence-corrected chi connectivity index (χ1v) is 7.84. The van der Waals surface area contributed by atoms with Gasteiger partial charge in [-0.15, -0.1) is 11.3 Å². The highest BCUT2D eigenvalue weighted by molar-refractivity contribution is 7.19. The predicted octanol–water partition coefficient (Wildman–Crippen LogP) is 3.53. The Morgan fingerprint density at radius 2 is 2.09 bits per heavy atom. The maximum Gasteiger partial charge on any atom is 0.128 e. The van der Waals surface area contributed by atoms with Crippen molar-refractivity contribution in [3.05, 3.63) is 53.2 Å². The number of nitrogens with zero attached hydrogens (tertiary/aromatic N) is 3. The number of phenolic OH excluding ortho intramolecular Hbond substituents is 1. The van der Waals surface area contributed by atoms with Crippen LogP contribution in [-0.4, -0.2) is 29.2 Å². The molecule has 0 saturated heterocycles. The lowest BCUT2D eigenvalue weighted by atomic mass is 10.3. The molecule has 0 bridgehead atoms. The van der Waals surface area contributed by atoms with Gasteiger partial charge in [-0.1, -0.05) is 11.8 Å². The average Bonchev–Trinajstić information content (AvgIpc) is 2.94. The van der Waals surface area contributed by atoms with Gasteiger partial charge in [0.25, 0.3) is 0 Å². The molecular weight excluding hydrogens is 306 g/mol. The number of benzene rings is 1.